The van der Waals surface area contributed by atoms with E-state index in [4.69, 9.17) is 9.47 Å². The largest absolute Gasteiger partial charge is 0.497 e. The van der Waals surface area contributed by atoms with Crippen LogP contribution in [0.2, 0.25) is 0 Å². The number of aromatic amines is 1. The first kappa shape index (κ1) is 19.4. The molecular formula is C22H21N5O3. The molecule has 0 fully saturated rings. The highest BCUT2D eigenvalue weighted by atomic mass is 16.5. The zero-order valence-corrected chi connectivity index (χ0v) is 16.6. The van der Waals surface area contributed by atoms with Crippen molar-refractivity contribution in [3.05, 3.63) is 72.1 Å². The minimum absolute atomic E-state index is 0.231. The van der Waals surface area contributed by atoms with E-state index in [9.17, 15) is 4.79 Å². The first-order valence-electron chi connectivity index (χ1n) is 9.42. The molecule has 0 bridgehead atoms. The molecule has 0 radical (unpaired) electrons. The number of nitrogens with zero attached hydrogens (tertiary/aromatic N) is 3. The van der Waals surface area contributed by atoms with Gasteiger partial charge in [0, 0.05) is 17.1 Å². The zero-order valence-electron chi connectivity index (χ0n) is 16.6. The van der Waals surface area contributed by atoms with Crippen LogP contribution in [0.5, 0.6) is 11.5 Å². The molecule has 0 unspecified atom stereocenters. The molecular weight excluding hydrogens is 382 g/mol. The van der Waals surface area contributed by atoms with E-state index >= 15 is 0 Å². The molecule has 3 aromatic carbocycles. The van der Waals surface area contributed by atoms with Crippen LogP contribution in [0.15, 0.2) is 60.7 Å². The number of hydrogen-bond donors (Lipinski definition) is 2. The van der Waals surface area contributed by atoms with Gasteiger partial charge in [0.2, 0.25) is 5.91 Å². The minimum atomic E-state index is -0.662. The van der Waals surface area contributed by atoms with Gasteiger partial charge in [-0.3, -0.25) is 4.79 Å². The summed E-state index contributed by atoms with van der Waals surface area (Å²) in [6.45, 7) is 0. The van der Waals surface area contributed by atoms with Gasteiger partial charge in [-0.25, -0.2) is 0 Å². The first-order chi connectivity index (χ1) is 14.7. The highest BCUT2D eigenvalue weighted by Crippen LogP contribution is 2.30. The van der Waals surface area contributed by atoms with Gasteiger partial charge in [0.15, 0.2) is 5.82 Å². The van der Waals surface area contributed by atoms with Gasteiger partial charge in [-0.15, -0.1) is 10.2 Å². The lowest BCUT2D eigenvalue weighted by atomic mass is 9.96. The highest BCUT2D eigenvalue weighted by Gasteiger charge is 2.27. The fourth-order valence-electron chi connectivity index (χ4n) is 3.41. The summed E-state index contributed by atoms with van der Waals surface area (Å²) < 4.78 is 10.7. The third kappa shape index (κ3) is 3.93. The van der Waals surface area contributed by atoms with Crippen LogP contribution in [0.3, 0.4) is 0 Å². The summed E-state index contributed by atoms with van der Waals surface area (Å²) in [4.78, 5) is 13.3. The first-order valence-corrected chi connectivity index (χ1v) is 9.42. The molecule has 0 saturated heterocycles. The average molecular weight is 403 g/mol. The van der Waals surface area contributed by atoms with E-state index < -0.39 is 5.92 Å². The van der Waals surface area contributed by atoms with E-state index in [0.717, 1.165) is 22.0 Å². The number of carbonyl (C=O) groups is 1. The molecule has 8 nitrogen and oxygen atoms in total. The lowest BCUT2D eigenvalue weighted by Gasteiger charge is -2.17. The number of fused-ring (bicyclic) bond motifs is 1. The van der Waals surface area contributed by atoms with Crippen LogP contribution in [0.1, 0.15) is 17.3 Å². The van der Waals surface area contributed by atoms with Crippen molar-refractivity contribution in [2.24, 2.45) is 0 Å². The number of benzene rings is 3. The Kier molecular flexibility index (Phi) is 5.56. The Hall–Kier alpha value is -3.94. The van der Waals surface area contributed by atoms with Crippen LogP contribution in [0.25, 0.3) is 10.8 Å². The number of ether oxygens (including phenoxy) is 2. The second kappa shape index (κ2) is 8.60. The van der Waals surface area contributed by atoms with Crippen LogP contribution in [-0.2, 0) is 11.2 Å². The predicted octanol–water partition coefficient (Wildman–Crippen LogP) is 3.34. The summed E-state index contributed by atoms with van der Waals surface area (Å²) in [6, 6.07) is 19.2. The van der Waals surface area contributed by atoms with Crippen molar-refractivity contribution in [1.29, 1.82) is 0 Å². The molecule has 1 aromatic heterocycles. The number of carbonyl (C=O) groups excluding carboxylic acids is 1. The number of rotatable bonds is 7. The minimum Gasteiger partial charge on any atom is -0.497 e. The van der Waals surface area contributed by atoms with Gasteiger partial charge in [-0.05, 0) is 29.5 Å². The van der Waals surface area contributed by atoms with E-state index in [1.807, 2.05) is 54.6 Å². The highest BCUT2D eigenvalue weighted by molar-refractivity contribution is 6.04. The number of amides is 1. The van der Waals surface area contributed by atoms with E-state index in [2.05, 4.69) is 25.9 Å². The Morgan fingerprint density at radius 2 is 1.90 bits per heavy atom. The number of hydrogen-bond acceptors (Lipinski definition) is 6. The molecule has 0 spiro atoms. The van der Waals surface area contributed by atoms with Crippen molar-refractivity contribution >= 4 is 22.4 Å². The lowest BCUT2D eigenvalue weighted by molar-refractivity contribution is -0.117. The maximum atomic E-state index is 13.3. The predicted molar refractivity (Wildman–Crippen MR) is 113 cm³/mol. The van der Waals surface area contributed by atoms with Crippen molar-refractivity contribution in [2.45, 2.75) is 12.3 Å². The van der Waals surface area contributed by atoms with Gasteiger partial charge in [-0.2, -0.15) is 5.21 Å². The summed E-state index contributed by atoms with van der Waals surface area (Å²) in [5.41, 5.74) is 1.56. The molecule has 0 aliphatic heterocycles. The number of methoxy groups -OCH3 is 2. The fraction of sp³-hybridized carbons (Fsp3) is 0.182. The molecule has 8 heteroatoms. The summed E-state index contributed by atoms with van der Waals surface area (Å²) in [5, 5.41) is 19.2. The van der Waals surface area contributed by atoms with Crippen molar-refractivity contribution < 1.29 is 14.3 Å². The van der Waals surface area contributed by atoms with Crippen LogP contribution < -0.4 is 14.8 Å². The average Bonchev–Trinajstić information content (AvgIpc) is 3.32. The zero-order chi connectivity index (χ0) is 20.9. The number of tetrazole rings is 1. The van der Waals surface area contributed by atoms with Crippen LogP contribution >= 0.6 is 0 Å². The smallest absolute Gasteiger partial charge is 0.235 e. The third-order valence-corrected chi connectivity index (χ3v) is 4.96. The summed E-state index contributed by atoms with van der Waals surface area (Å²) >= 11 is 0. The van der Waals surface area contributed by atoms with Crippen molar-refractivity contribution in [3.8, 4) is 11.5 Å². The Morgan fingerprint density at radius 3 is 2.67 bits per heavy atom. The number of aromatic nitrogens is 4. The molecule has 0 aliphatic carbocycles. The van der Waals surface area contributed by atoms with E-state index in [1.54, 1.807) is 20.3 Å². The Labute approximate surface area is 173 Å². The normalized spacial score (nSPS) is 11.8. The van der Waals surface area contributed by atoms with Crippen molar-refractivity contribution in [3.63, 3.8) is 0 Å². The fourth-order valence-corrected chi connectivity index (χ4v) is 3.41. The van der Waals surface area contributed by atoms with E-state index in [-0.39, 0.29) is 5.91 Å². The maximum absolute atomic E-state index is 13.3. The third-order valence-electron chi connectivity index (χ3n) is 4.96. The number of nitrogens with one attached hydrogen (secondary N) is 2. The lowest BCUT2D eigenvalue weighted by Crippen LogP contribution is -2.24. The maximum Gasteiger partial charge on any atom is 0.235 e. The quantitative estimate of drug-likeness (QED) is 0.491. The van der Waals surface area contributed by atoms with Gasteiger partial charge < -0.3 is 14.8 Å². The number of anilines is 1. The molecule has 0 aliphatic rings. The summed E-state index contributed by atoms with van der Waals surface area (Å²) in [6.07, 6.45) is 0.337. The molecule has 4 rings (SSSR count). The molecule has 30 heavy (non-hydrogen) atoms. The van der Waals surface area contributed by atoms with Crippen molar-refractivity contribution in [2.75, 3.05) is 19.5 Å². The molecule has 1 heterocycles. The second-order valence-electron chi connectivity index (χ2n) is 6.72. The van der Waals surface area contributed by atoms with Crippen LogP contribution in [-0.4, -0.2) is 40.8 Å². The molecule has 152 valence electrons. The topological polar surface area (TPSA) is 102 Å². The van der Waals surface area contributed by atoms with Crippen molar-refractivity contribution in [1.82, 2.24) is 20.6 Å². The Bertz CT molecular complexity index is 1160. The van der Waals surface area contributed by atoms with Crippen LogP contribution in [0, 0.1) is 0 Å². The summed E-state index contributed by atoms with van der Waals surface area (Å²) in [5.74, 6) is 0.717. The van der Waals surface area contributed by atoms with Gasteiger partial charge in [0.05, 0.1) is 14.2 Å². The van der Waals surface area contributed by atoms with Gasteiger partial charge in [-0.1, -0.05) is 47.7 Å². The van der Waals surface area contributed by atoms with Gasteiger partial charge >= 0.3 is 0 Å². The Balaban J connectivity index is 1.66. The molecule has 0 saturated carbocycles. The second-order valence-corrected chi connectivity index (χ2v) is 6.72. The SMILES string of the molecule is COc1ccc(C[C@H](C(=O)Nc2cccc3ccccc23)c2nn[nH]n2)c(OC)c1. The standard InChI is InChI=1S/C22H21N5O3/c1-29-16-11-10-15(20(13-16)30-2)12-18(21-24-26-27-25-21)22(28)23-19-9-5-7-14-6-3-4-8-17(14)19/h3-11,13,18H,12H2,1-2H3,(H,23,28)(H,24,25,26,27)/t18-/m0/s1. The molecule has 1 amide bonds. The Morgan fingerprint density at radius 1 is 1.07 bits per heavy atom. The van der Waals surface area contributed by atoms with Crippen LogP contribution in [0.4, 0.5) is 5.69 Å². The molecule has 4 aromatic rings. The van der Waals surface area contributed by atoms with Gasteiger partial charge in [0.25, 0.3) is 0 Å². The summed E-state index contributed by atoms with van der Waals surface area (Å²) in [7, 11) is 3.17. The van der Waals surface area contributed by atoms with E-state index in [1.165, 1.54) is 0 Å². The monoisotopic (exact) mass is 403 g/mol. The van der Waals surface area contributed by atoms with Gasteiger partial charge in [0.1, 0.15) is 17.4 Å². The molecule has 1 atom stereocenters. The molecule has 2 N–H and O–H groups in total. The number of H-pyrrole nitrogens is 1. The van der Waals surface area contributed by atoms with E-state index in [0.29, 0.717) is 23.7 Å².